The van der Waals surface area contributed by atoms with Crippen LogP contribution in [0.25, 0.3) is 0 Å². The van der Waals surface area contributed by atoms with Gasteiger partial charge in [-0.15, -0.1) is 0 Å². The van der Waals surface area contributed by atoms with Gasteiger partial charge in [-0.2, -0.15) is 0 Å². The SMILES string of the molecule is CCCN(C(=O)Cc1ccccc1CN)C1CC1. The van der Waals surface area contributed by atoms with Crippen LogP contribution in [0, 0.1) is 0 Å². The minimum Gasteiger partial charge on any atom is -0.339 e. The summed E-state index contributed by atoms with van der Waals surface area (Å²) in [5, 5.41) is 0. The van der Waals surface area contributed by atoms with E-state index in [0.717, 1.165) is 24.1 Å². The maximum atomic E-state index is 12.3. The highest BCUT2D eigenvalue weighted by molar-refractivity contribution is 5.79. The third kappa shape index (κ3) is 3.10. The lowest BCUT2D eigenvalue weighted by atomic mass is 10.0. The Hall–Kier alpha value is -1.35. The molecule has 0 spiro atoms. The maximum absolute atomic E-state index is 12.3. The molecule has 1 aliphatic carbocycles. The fraction of sp³-hybridized carbons (Fsp3) is 0.533. The molecule has 0 atom stereocenters. The number of amides is 1. The van der Waals surface area contributed by atoms with Gasteiger partial charge in [0.2, 0.25) is 5.91 Å². The van der Waals surface area contributed by atoms with E-state index in [-0.39, 0.29) is 5.91 Å². The van der Waals surface area contributed by atoms with E-state index in [9.17, 15) is 4.79 Å². The average molecular weight is 246 g/mol. The van der Waals surface area contributed by atoms with Gasteiger partial charge in [-0.25, -0.2) is 0 Å². The zero-order valence-corrected chi connectivity index (χ0v) is 11.1. The lowest BCUT2D eigenvalue weighted by Crippen LogP contribution is -2.35. The van der Waals surface area contributed by atoms with Crippen molar-refractivity contribution in [1.82, 2.24) is 4.90 Å². The summed E-state index contributed by atoms with van der Waals surface area (Å²) in [5.41, 5.74) is 7.87. The number of rotatable bonds is 6. The van der Waals surface area contributed by atoms with Crippen LogP contribution in [0.5, 0.6) is 0 Å². The normalized spacial score (nSPS) is 14.6. The number of carbonyl (C=O) groups is 1. The fourth-order valence-corrected chi connectivity index (χ4v) is 2.33. The van der Waals surface area contributed by atoms with Crippen molar-refractivity contribution >= 4 is 5.91 Å². The molecule has 0 radical (unpaired) electrons. The van der Waals surface area contributed by atoms with Crippen molar-refractivity contribution in [1.29, 1.82) is 0 Å². The van der Waals surface area contributed by atoms with E-state index < -0.39 is 0 Å². The first-order valence-corrected chi connectivity index (χ1v) is 6.82. The van der Waals surface area contributed by atoms with Crippen molar-refractivity contribution in [3.05, 3.63) is 35.4 Å². The summed E-state index contributed by atoms with van der Waals surface area (Å²) in [5.74, 6) is 0.250. The lowest BCUT2D eigenvalue weighted by molar-refractivity contribution is -0.131. The van der Waals surface area contributed by atoms with Gasteiger partial charge in [-0.3, -0.25) is 4.79 Å². The molecule has 18 heavy (non-hydrogen) atoms. The third-order valence-corrected chi connectivity index (χ3v) is 3.45. The monoisotopic (exact) mass is 246 g/mol. The summed E-state index contributed by atoms with van der Waals surface area (Å²) in [6.45, 7) is 3.51. The van der Waals surface area contributed by atoms with Gasteiger partial charge in [0.25, 0.3) is 0 Å². The second kappa shape index (κ2) is 6.01. The molecule has 1 fully saturated rings. The summed E-state index contributed by atoms with van der Waals surface area (Å²) in [6.07, 6.45) is 3.86. The molecular formula is C15H22N2O. The first-order valence-electron chi connectivity index (χ1n) is 6.82. The van der Waals surface area contributed by atoms with Gasteiger partial charge >= 0.3 is 0 Å². The lowest BCUT2D eigenvalue weighted by Gasteiger charge is -2.22. The average Bonchev–Trinajstić information content (AvgIpc) is 3.20. The van der Waals surface area contributed by atoms with E-state index in [2.05, 4.69) is 6.92 Å². The molecule has 1 saturated carbocycles. The van der Waals surface area contributed by atoms with E-state index >= 15 is 0 Å². The molecule has 1 amide bonds. The molecule has 0 unspecified atom stereocenters. The summed E-state index contributed by atoms with van der Waals surface area (Å²) >= 11 is 0. The third-order valence-electron chi connectivity index (χ3n) is 3.45. The Balaban J connectivity index is 2.04. The Morgan fingerprint density at radius 2 is 2.00 bits per heavy atom. The highest BCUT2D eigenvalue weighted by Gasteiger charge is 2.31. The van der Waals surface area contributed by atoms with Gasteiger partial charge in [0.15, 0.2) is 0 Å². The molecule has 1 aromatic rings. The second-order valence-corrected chi connectivity index (χ2v) is 4.97. The van der Waals surface area contributed by atoms with Crippen molar-refractivity contribution in [3.63, 3.8) is 0 Å². The predicted molar refractivity (Wildman–Crippen MR) is 73.1 cm³/mol. The molecule has 0 aliphatic heterocycles. The van der Waals surface area contributed by atoms with Crippen LogP contribution in [0.15, 0.2) is 24.3 Å². The fourth-order valence-electron chi connectivity index (χ4n) is 2.33. The number of nitrogens with two attached hydrogens (primary N) is 1. The van der Waals surface area contributed by atoms with Gasteiger partial charge in [0, 0.05) is 19.1 Å². The van der Waals surface area contributed by atoms with E-state index in [4.69, 9.17) is 5.73 Å². The molecule has 1 aliphatic rings. The number of hydrogen-bond donors (Lipinski definition) is 1. The first-order chi connectivity index (χ1) is 8.76. The molecule has 98 valence electrons. The van der Waals surface area contributed by atoms with Crippen molar-refractivity contribution in [3.8, 4) is 0 Å². The Morgan fingerprint density at radius 3 is 2.56 bits per heavy atom. The van der Waals surface area contributed by atoms with Gasteiger partial charge < -0.3 is 10.6 Å². The van der Waals surface area contributed by atoms with Crippen LogP contribution in [0.2, 0.25) is 0 Å². The Kier molecular flexibility index (Phi) is 4.37. The zero-order chi connectivity index (χ0) is 13.0. The first kappa shape index (κ1) is 13.1. The summed E-state index contributed by atoms with van der Waals surface area (Å²) in [7, 11) is 0. The van der Waals surface area contributed by atoms with Gasteiger partial charge in [0.1, 0.15) is 0 Å². The summed E-state index contributed by atoms with van der Waals surface area (Å²) < 4.78 is 0. The minimum atomic E-state index is 0.250. The summed E-state index contributed by atoms with van der Waals surface area (Å²) in [4.78, 5) is 14.4. The largest absolute Gasteiger partial charge is 0.339 e. The van der Waals surface area contributed by atoms with Crippen LogP contribution in [0.4, 0.5) is 0 Å². The van der Waals surface area contributed by atoms with Crippen molar-refractivity contribution in [2.75, 3.05) is 6.54 Å². The Morgan fingerprint density at radius 1 is 1.33 bits per heavy atom. The number of hydrogen-bond acceptors (Lipinski definition) is 2. The molecule has 0 heterocycles. The number of nitrogens with zero attached hydrogens (tertiary/aromatic N) is 1. The Bertz CT molecular complexity index is 413. The van der Waals surface area contributed by atoms with E-state index in [1.807, 2.05) is 29.2 Å². The topological polar surface area (TPSA) is 46.3 Å². The van der Waals surface area contributed by atoms with Crippen LogP contribution in [0.3, 0.4) is 0 Å². The number of benzene rings is 1. The zero-order valence-electron chi connectivity index (χ0n) is 11.1. The van der Waals surface area contributed by atoms with E-state index in [0.29, 0.717) is 19.0 Å². The predicted octanol–water partition coefficient (Wildman–Crippen LogP) is 2.09. The quantitative estimate of drug-likeness (QED) is 0.835. The number of carbonyl (C=O) groups excluding carboxylic acids is 1. The minimum absolute atomic E-state index is 0.250. The molecule has 2 rings (SSSR count). The van der Waals surface area contributed by atoms with Gasteiger partial charge in [0.05, 0.1) is 6.42 Å². The molecule has 0 bridgehead atoms. The van der Waals surface area contributed by atoms with Crippen molar-refractivity contribution in [2.45, 2.75) is 45.2 Å². The summed E-state index contributed by atoms with van der Waals surface area (Å²) in [6, 6.07) is 8.47. The van der Waals surface area contributed by atoms with Crippen LogP contribution in [-0.4, -0.2) is 23.4 Å². The Labute approximate surface area is 109 Å². The molecule has 2 N–H and O–H groups in total. The second-order valence-electron chi connectivity index (χ2n) is 4.97. The molecule has 3 heteroatoms. The smallest absolute Gasteiger partial charge is 0.227 e. The maximum Gasteiger partial charge on any atom is 0.227 e. The van der Waals surface area contributed by atoms with E-state index in [1.54, 1.807) is 0 Å². The van der Waals surface area contributed by atoms with Crippen LogP contribution < -0.4 is 5.73 Å². The highest BCUT2D eigenvalue weighted by Crippen LogP contribution is 2.27. The molecule has 0 saturated heterocycles. The van der Waals surface area contributed by atoms with Crippen LogP contribution >= 0.6 is 0 Å². The van der Waals surface area contributed by atoms with Gasteiger partial charge in [-0.05, 0) is 30.4 Å². The van der Waals surface area contributed by atoms with Crippen LogP contribution in [0.1, 0.15) is 37.3 Å². The highest BCUT2D eigenvalue weighted by atomic mass is 16.2. The molecular weight excluding hydrogens is 224 g/mol. The van der Waals surface area contributed by atoms with Gasteiger partial charge in [-0.1, -0.05) is 31.2 Å². The molecule has 0 aromatic heterocycles. The van der Waals surface area contributed by atoms with Crippen molar-refractivity contribution in [2.24, 2.45) is 5.73 Å². The molecule has 1 aromatic carbocycles. The molecule has 3 nitrogen and oxygen atoms in total. The van der Waals surface area contributed by atoms with Crippen LogP contribution in [-0.2, 0) is 17.8 Å². The standard InChI is InChI=1S/C15H22N2O/c1-2-9-17(14-7-8-14)15(18)10-12-5-3-4-6-13(12)11-16/h3-6,14H,2,7-11,16H2,1H3. The van der Waals surface area contributed by atoms with E-state index in [1.165, 1.54) is 12.8 Å². The van der Waals surface area contributed by atoms with Crippen molar-refractivity contribution < 1.29 is 4.79 Å².